The first-order chi connectivity index (χ1) is 9.49. The van der Waals surface area contributed by atoms with Gasteiger partial charge in [-0.25, -0.2) is 0 Å². The number of aromatic nitrogens is 2. The van der Waals surface area contributed by atoms with E-state index in [2.05, 4.69) is 20.4 Å². The van der Waals surface area contributed by atoms with Crippen LogP contribution in [-0.4, -0.2) is 41.8 Å². The quantitative estimate of drug-likeness (QED) is 0.874. The van der Waals surface area contributed by atoms with Crippen molar-refractivity contribution < 1.29 is 13.2 Å². The van der Waals surface area contributed by atoms with Crippen molar-refractivity contribution in [2.24, 2.45) is 5.92 Å². The summed E-state index contributed by atoms with van der Waals surface area (Å²) in [4.78, 5) is 2.18. The molecule has 0 radical (unpaired) electrons. The van der Waals surface area contributed by atoms with E-state index in [0.717, 1.165) is 44.5 Å². The number of piperidine rings is 1. The maximum absolute atomic E-state index is 12.4. The standard InChI is InChI=1S/C13H21F3N4.ClH/c1-17-5-2-10-3-6-20(7-4-10)9-11-8-12(19-18-11)13(14,15)16;/h8,10,17H,2-7,9H2,1H3,(H,18,19);1H. The number of halogens is 4. The molecular formula is C13H22ClF3N4. The molecule has 2 N–H and O–H groups in total. The largest absolute Gasteiger partial charge is 0.435 e. The van der Waals surface area contributed by atoms with Gasteiger partial charge in [0.2, 0.25) is 0 Å². The molecule has 0 aromatic carbocycles. The Kier molecular flexibility index (Phi) is 6.96. The highest BCUT2D eigenvalue weighted by Crippen LogP contribution is 2.28. The number of H-pyrrole nitrogens is 1. The first-order valence-corrected chi connectivity index (χ1v) is 6.97. The summed E-state index contributed by atoms with van der Waals surface area (Å²) in [5.41, 5.74) is -0.303. The molecule has 0 spiro atoms. The predicted molar refractivity (Wildman–Crippen MR) is 77.4 cm³/mol. The minimum Gasteiger partial charge on any atom is -0.320 e. The fourth-order valence-electron chi connectivity index (χ4n) is 2.61. The van der Waals surface area contributed by atoms with E-state index in [-0.39, 0.29) is 12.4 Å². The third kappa shape index (κ3) is 5.48. The fraction of sp³-hybridized carbons (Fsp3) is 0.769. The van der Waals surface area contributed by atoms with Crippen molar-refractivity contribution in [3.8, 4) is 0 Å². The Labute approximate surface area is 128 Å². The number of nitrogens with zero attached hydrogens (tertiary/aromatic N) is 2. The lowest BCUT2D eigenvalue weighted by molar-refractivity contribution is -0.141. The molecule has 2 heterocycles. The Balaban J connectivity index is 0.00000220. The molecule has 0 aliphatic carbocycles. The van der Waals surface area contributed by atoms with Crippen LogP contribution in [0.5, 0.6) is 0 Å². The average Bonchev–Trinajstić information content (AvgIpc) is 2.86. The van der Waals surface area contributed by atoms with Crippen LogP contribution in [0.2, 0.25) is 0 Å². The lowest BCUT2D eigenvalue weighted by Crippen LogP contribution is -2.34. The molecule has 8 heteroatoms. The summed E-state index contributed by atoms with van der Waals surface area (Å²) in [6.45, 7) is 3.42. The van der Waals surface area contributed by atoms with E-state index in [1.165, 1.54) is 6.42 Å². The van der Waals surface area contributed by atoms with Gasteiger partial charge in [-0.2, -0.15) is 18.3 Å². The number of hydrogen-bond acceptors (Lipinski definition) is 3. The van der Waals surface area contributed by atoms with E-state index in [4.69, 9.17) is 0 Å². The van der Waals surface area contributed by atoms with Crippen molar-refractivity contribution in [1.82, 2.24) is 20.4 Å². The van der Waals surface area contributed by atoms with Crippen LogP contribution >= 0.6 is 12.4 Å². The van der Waals surface area contributed by atoms with Crippen LogP contribution in [0.15, 0.2) is 6.07 Å². The number of likely N-dealkylation sites (tertiary alicyclic amines) is 1. The molecular weight excluding hydrogens is 305 g/mol. The topological polar surface area (TPSA) is 44.0 Å². The maximum atomic E-state index is 12.4. The number of aromatic amines is 1. The Morgan fingerprint density at radius 3 is 2.57 bits per heavy atom. The van der Waals surface area contributed by atoms with Crippen molar-refractivity contribution in [1.29, 1.82) is 0 Å². The fourth-order valence-corrected chi connectivity index (χ4v) is 2.61. The Morgan fingerprint density at radius 1 is 1.38 bits per heavy atom. The lowest BCUT2D eigenvalue weighted by atomic mass is 9.93. The molecule has 0 unspecified atom stereocenters. The number of hydrogen-bond donors (Lipinski definition) is 2. The van der Waals surface area contributed by atoms with Crippen LogP contribution in [-0.2, 0) is 12.7 Å². The van der Waals surface area contributed by atoms with Gasteiger partial charge in [0.15, 0.2) is 5.69 Å². The maximum Gasteiger partial charge on any atom is 0.435 e. The van der Waals surface area contributed by atoms with Gasteiger partial charge < -0.3 is 5.32 Å². The van der Waals surface area contributed by atoms with E-state index < -0.39 is 11.9 Å². The summed E-state index contributed by atoms with van der Waals surface area (Å²) < 4.78 is 37.3. The zero-order valence-electron chi connectivity index (χ0n) is 12.0. The van der Waals surface area contributed by atoms with Gasteiger partial charge in [0.05, 0.1) is 0 Å². The van der Waals surface area contributed by atoms with Crippen LogP contribution in [0.4, 0.5) is 13.2 Å². The normalized spacial score (nSPS) is 17.7. The summed E-state index contributed by atoms with van der Waals surface area (Å²) in [6, 6.07) is 1.10. The van der Waals surface area contributed by atoms with Gasteiger partial charge in [-0.15, -0.1) is 12.4 Å². The van der Waals surface area contributed by atoms with Crippen molar-refractivity contribution in [2.45, 2.75) is 32.0 Å². The molecule has 4 nitrogen and oxygen atoms in total. The number of rotatable bonds is 5. The predicted octanol–water partition coefficient (Wildman–Crippen LogP) is 2.67. The zero-order chi connectivity index (χ0) is 14.6. The van der Waals surface area contributed by atoms with Gasteiger partial charge in [-0.05, 0) is 57.9 Å². The molecule has 1 aliphatic rings. The molecule has 0 bridgehead atoms. The van der Waals surface area contributed by atoms with Crippen molar-refractivity contribution in [3.05, 3.63) is 17.5 Å². The zero-order valence-corrected chi connectivity index (χ0v) is 12.9. The van der Waals surface area contributed by atoms with Gasteiger partial charge in [0.25, 0.3) is 0 Å². The van der Waals surface area contributed by atoms with E-state index in [1.807, 2.05) is 7.05 Å². The molecule has 0 amide bonds. The molecule has 1 fully saturated rings. The minimum absolute atomic E-state index is 0. The van der Waals surface area contributed by atoms with Crippen LogP contribution in [0, 0.1) is 5.92 Å². The molecule has 1 aromatic heterocycles. The SMILES string of the molecule is CNCCC1CCN(Cc2cc(C(F)(F)F)n[nH]2)CC1.Cl. The van der Waals surface area contributed by atoms with E-state index in [1.54, 1.807) is 0 Å². The van der Waals surface area contributed by atoms with E-state index in [0.29, 0.717) is 12.2 Å². The monoisotopic (exact) mass is 326 g/mol. The van der Waals surface area contributed by atoms with Gasteiger partial charge in [0, 0.05) is 12.2 Å². The summed E-state index contributed by atoms with van der Waals surface area (Å²) in [5.74, 6) is 0.728. The van der Waals surface area contributed by atoms with Gasteiger partial charge in [0.1, 0.15) is 0 Å². The van der Waals surface area contributed by atoms with Gasteiger partial charge >= 0.3 is 6.18 Å². The minimum atomic E-state index is -4.37. The third-order valence-electron chi connectivity index (χ3n) is 3.83. The number of nitrogens with one attached hydrogen (secondary N) is 2. The van der Waals surface area contributed by atoms with Crippen molar-refractivity contribution >= 4 is 12.4 Å². The Hall–Kier alpha value is -0.790. The molecule has 21 heavy (non-hydrogen) atoms. The first kappa shape index (κ1) is 18.3. The van der Waals surface area contributed by atoms with Crippen molar-refractivity contribution in [3.63, 3.8) is 0 Å². The summed E-state index contributed by atoms with van der Waals surface area (Å²) in [5, 5.41) is 8.96. The van der Waals surface area contributed by atoms with Gasteiger partial charge in [-0.1, -0.05) is 0 Å². The highest BCUT2D eigenvalue weighted by atomic mass is 35.5. The lowest BCUT2D eigenvalue weighted by Gasteiger charge is -2.31. The van der Waals surface area contributed by atoms with Crippen LogP contribution in [0.25, 0.3) is 0 Å². The first-order valence-electron chi connectivity index (χ1n) is 6.97. The third-order valence-corrected chi connectivity index (χ3v) is 3.83. The molecule has 1 aromatic rings. The van der Waals surface area contributed by atoms with Crippen LogP contribution < -0.4 is 5.32 Å². The second-order valence-electron chi connectivity index (χ2n) is 5.39. The van der Waals surface area contributed by atoms with Crippen molar-refractivity contribution in [2.75, 3.05) is 26.7 Å². The highest BCUT2D eigenvalue weighted by Gasteiger charge is 2.34. The molecule has 0 atom stereocenters. The summed E-state index contributed by atoms with van der Waals surface area (Å²) >= 11 is 0. The molecule has 1 saturated heterocycles. The smallest absolute Gasteiger partial charge is 0.320 e. The van der Waals surface area contributed by atoms with Crippen LogP contribution in [0.3, 0.4) is 0 Å². The highest BCUT2D eigenvalue weighted by molar-refractivity contribution is 5.85. The molecule has 122 valence electrons. The molecule has 1 aliphatic heterocycles. The molecule has 2 rings (SSSR count). The summed E-state index contributed by atoms with van der Waals surface area (Å²) in [7, 11) is 1.95. The van der Waals surface area contributed by atoms with Gasteiger partial charge in [-0.3, -0.25) is 10.00 Å². The second-order valence-corrected chi connectivity index (χ2v) is 5.39. The van der Waals surface area contributed by atoms with E-state index >= 15 is 0 Å². The summed E-state index contributed by atoms with van der Waals surface area (Å²) in [6.07, 6.45) is -0.967. The average molecular weight is 327 g/mol. The van der Waals surface area contributed by atoms with Crippen LogP contribution in [0.1, 0.15) is 30.7 Å². The Bertz CT molecular complexity index is 414. The Morgan fingerprint density at radius 2 is 2.05 bits per heavy atom. The molecule has 0 saturated carbocycles. The number of alkyl halides is 3. The van der Waals surface area contributed by atoms with E-state index in [9.17, 15) is 13.2 Å². The second kappa shape index (κ2) is 8.00.